The summed E-state index contributed by atoms with van der Waals surface area (Å²) in [6.07, 6.45) is 2.12. The second-order valence-corrected chi connectivity index (χ2v) is 5.19. The van der Waals surface area contributed by atoms with Gasteiger partial charge in [-0.05, 0) is 50.8 Å². The number of rotatable bonds is 6. The van der Waals surface area contributed by atoms with Gasteiger partial charge in [0, 0.05) is 37.2 Å². The summed E-state index contributed by atoms with van der Waals surface area (Å²) >= 11 is 0. The summed E-state index contributed by atoms with van der Waals surface area (Å²) in [5, 5.41) is 3.48. The highest BCUT2D eigenvalue weighted by molar-refractivity contribution is 5.37. The van der Waals surface area contributed by atoms with Gasteiger partial charge < -0.3 is 14.8 Å². The first-order valence-electron chi connectivity index (χ1n) is 6.75. The van der Waals surface area contributed by atoms with E-state index in [0.717, 1.165) is 19.6 Å². The van der Waals surface area contributed by atoms with Gasteiger partial charge in [-0.1, -0.05) is 12.1 Å². The Balaban J connectivity index is 2.02. The molecular weight excluding hydrogens is 234 g/mol. The van der Waals surface area contributed by atoms with Crippen molar-refractivity contribution in [3.05, 3.63) is 53.9 Å². The quantitative estimate of drug-likeness (QED) is 0.802. The molecule has 0 bridgehead atoms. The monoisotopic (exact) mass is 257 g/mol. The van der Waals surface area contributed by atoms with Gasteiger partial charge in [-0.15, -0.1) is 0 Å². The predicted octanol–water partition coefficient (Wildman–Crippen LogP) is 2.44. The zero-order chi connectivity index (χ0) is 13.7. The summed E-state index contributed by atoms with van der Waals surface area (Å²) in [4.78, 5) is 2.19. The molecule has 3 nitrogen and oxygen atoms in total. The Labute approximate surface area is 115 Å². The van der Waals surface area contributed by atoms with Crippen molar-refractivity contribution in [1.82, 2.24) is 14.8 Å². The average molecular weight is 257 g/mol. The van der Waals surface area contributed by atoms with Crippen LogP contribution in [0.3, 0.4) is 0 Å². The van der Waals surface area contributed by atoms with Crippen LogP contribution in [0, 0.1) is 6.92 Å². The van der Waals surface area contributed by atoms with E-state index in [0.29, 0.717) is 0 Å². The van der Waals surface area contributed by atoms with Crippen LogP contribution in [0.5, 0.6) is 0 Å². The van der Waals surface area contributed by atoms with Crippen molar-refractivity contribution in [1.29, 1.82) is 0 Å². The van der Waals surface area contributed by atoms with Gasteiger partial charge in [-0.2, -0.15) is 0 Å². The molecule has 0 spiro atoms. The summed E-state index contributed by atoms with van der Waals surface area (Å²) in [7, 11) is 4.19. The van der Waals surface area contributed by atoms with Crippen LogP contribution in [0.1, 0.15) is 11.3 Å². The topological polar surface area (TPSA) is 20.2 Å². The van der Waals surface area contributed by atoms with E-state index in [9.17, 15) is 0 Å². The molecule has 1 aromatic carbocycles. The Morgan fingerprint density at radius 3 is 2.74 bits per heavy atom. The Hall–Kier alpha value is -1.58. The molecule has 1 heterocycles. The Kier molecular flexibility index (Phi) is 4.77. The average Bonchev–Trinajstić information content (AvgIpc) is 2.83. The van der Waals surface area contributed by atoms with Crippen LogP contribution in [0.2, 0.25) is 0 Å². The molecule has 1 N–H and O–H groups in total. The summed E-state index contributed by atoms with van der Waals surface area (Å²) < 4.78 is 2.25. The number of nitrogens with one attached hydrogen (secondary N) is 1. The number of likely N-dealkylation sites (N-methyl/N-ethyl adjacent to an activating group) is 1. The zero-order valence-corrected chi connectivity index (χ0v) is 12.1. The lowest BCUT2D eigenvalue weighted by molar-refractivity contribution is 0.399. The van der Waals surface area contributed by atoms with E-state index in [2.05, 4.69) is 78.4 Å². The van der Waals surface area contributed by atoms with Crippen LogP contribution in [0.4, 0.5) is 0 Å². The molecule has 19 heavy (non-hydrogen) atoms. The van der Waals surface area contributed by atoms with Crippen molar-refractivity contribution in [2.75, 3.05) is 27.2 Å². The van der Waals surface area contributed by atoms with Crippen LogP contribution in [0.15, 0.2) is 42.6 Å². The first-order valence-corrected chi connectivity index (χ1v) is 6.75. The number of nitrogens with zero attached hydrogens (tertiary/aromatic N) is 2. The number of benzene rings is 1. The maximum atomic E-state index is 3.48. The second-order valence-electron chi connectivity index (χ2n) is 5.19. The fraction of sp³-hybridized carbons (Fsp3) is 0.375. The second kappa shape index (κ2) is 6.55. The molecule has 0 saturated heterocycles. The molecule has 102 valence electrons. The van der Waals surface area contributed by atoms with Gasteiger partial charge in [0.05, 0.1) is 0 Å². The lowest BCUT2D eigenvalue weighted by atomic mass is 10.2. The predicted molar refractivity (Wildman–Crippen MR) is 80.8 cm³/mol. The SMILES string of the molecule is Cc1cccc(-n2cccc2CNCCN(C)C)c1. The Morgan fingerprint density at radius 1 is 1.16 bits per heavy atom. The fourth-order valence-corrected chi connectivity index (χ4v) is 2.11. The first kappa shape index (κ1) is 13.8. The van der Waals surface area contributed by atoms with Crippen molar-refractivity contribution >= 4 is 0 Å². The maximum Gasteiger partial charge on any atom is 0.0455 e. The van der Waals surface area contributed by atoms with E-state index in [1.807, 2.05) is 0 Å². The van der Waals surface area contributed by atoms with E-state index in [4.69, 9.17) is 0 Å². The maximum absolute atomic E-state index is 3.48. The summed E-state index contributed by atoms with van der Waals surface area (Å²) in [6.45, 7) is 5.09. The largest absolute Gasteiger partial charge is 0.320 e. The minimum absolute atomic E-state index is 0.898. The van der Waals surface area contributed by atoms with Gasteiger partial charge in [0.25, 0.3) is 0 Å². The third kappa shape index (κ3) is 3.94. The van der Waals surface area contributed by atoms with Gasteiger partial charge in [0.2, 0.25) is 0 Å². The number of aryl methyl sites for hydroxylation is 1. The van der Waals surface area contributed by atoms with E-state index < -0.39 is 0 Å². The molecule has 0 atom stereocenters. The summed E-state index contributed by atoms with van der Waals surface area (Å²) in [6, 6.07) is 12.9. The molecule has 0 aliphatic rings. The van der Waals surface area contributed by atoms with Crippen molar-refractivity contribution in [2.24, 2.45) is 0 Å². The minimum Gasteiger partial charge on any atom is -0.320 e. The highest BCUT2D eigenvalue weighted by Crippen LogP contribution is 2.14. The van der Waals surface area contributed by atoms with Crippen LogP contribution < -0.4 is 5.32 Å². The molecule has 2 rings (SSSR count). The van der Waals surface area contributed by atoms with Gasteiger partial charge in [-0.25, -0.2) is 0 Å². The molecule has 0 unspecified atom stereocenters. The number of hydrogen-bond donors (Lipinski definition) is 1. The highest BCUT2D eigenvalue weighted by Gasteiger charge is 2.03. The Bertz CT molecular complexity index is 514. The molecule has 1 aromatic heterocycles. The van der Waals surface area contributed by atoms with Crippen LogP contribution in [-0.2, 0) is 6.54 Å². The van der Waals surface area contributed by atoms with E-state index in [1.165, 1.54) is 16.9 Å². The molecule has 0 fully saturated rings. The van der Waals surface area contributed by atoms with Crippen LogP contribution in [-0.4, -0.2) is 36.7 Å². The van der Waals surface area contributed by atoms with Crippen LogP contribution >= 0.6 is 0 Å². The zero-order valence-electron chi connectivity index (χ0n) is 12.1. The number of aromatic nitrogens is 1. The molecule has 0 radical (unpaired) electrons. The highest BCUT2D eigenvalue weighted by atomic mass is 15.1. The molecular formula is C16H23N3. The van der Waals surface area contributed by atoms with Crippen molar-refractivity contribution in [2.45, 2.75) is 13.5 Å². The van der Waals surface area contributed by atoms with E-state index in [-0.39, 0.29) is 0 Å². The fourth-order valence-electron chi connectivity index (χ4n) is 2.11. The minimum atomic E-state index is 0.898. The molecule has 0 aliphatic carbocycles. The first-order chi connectivity index (χ1) is 9.16. The van der Waals surface area contributed by atoms with Gasteiger partial charge >= 0.3 is 0 Å². The summed E-state index contributed by atoms with van der Waals surface area (Å²) in [5.74, 6) is 0. The van der Waals surface area contributed by atoms with Crippen molar-refractivity contribution in [3.63, 3.8) is 0 Å². The van der Waals surface area contributed by atoms with Gasteiger partial charge in [-0.3, -0.25) is 0 Å². The lowest BCUT2D eigenvalue weighted by Gasteiger charge is -2.13. The van der Waals surface area contributed by atoms with Crippen LogP contribution in [0.25, 0.3) is 5.69 Å². The van der Waals surface area contributed by atoms with E-state index in [1.54, 1.807) is 0 Å². The molecule has 0 aliphatic heterocycles. The van der Waals surface area contributed by atoms with Gasteiger partial charge in [0.1, 0.15) is 0 Å². The lowest BCUT2D eigenvalue weighted by Crippen LogP contribution is -2.26. The third-order valence-electron chi connectivity index (χ3n) is 3.15. The molecule has 0 saturated carbocycles. The van der Waals surface area contributed by atoms with Crippen molar-refractivity contribution < 1.29 is 0 Å². The normalized spacial score (nSPS) is 11.2. The molecule has 0 amide bonds. The van der Waals surface area contributed by atoms with E-state index >= 15 is 0 Å². The summed E-state index contributed by atoms with van der Waals surface area (Å²) in [5.41, 5.74) is 3.82. The molecule has 2 aromatic rings. The Morgan fingerprint density at radius 2 is 2.00 bits per heavy atom. The number of hydrogen-bond acceptors (Lipinski definition) is 2. The third-order valence-corrected chi connectivity index (χ3v) is 3.15. The molecule has 3 heteroatoms. The van der Waals surface area contributed by atoms with Crippen molar-refractivity contribution in [3.8, 4) is 5.69 Å². The smallest absolute Gasteiger partial charge is 0.0455 e. The van der Waals surface area contributed by atoms with Gasteiger partial charge in [0.15, 0.2) is 0 Å². The standard InChI is InChI=1S/C16H23N3/c1-14-6-4-7-15(12-14)19-10-5-8-16(19)13-17-9-11-18(2)3/h4-8,10,12,17H,9,11,13H2,1-3H3.